The smallest absolute Gasteiger partial charge is 0.254 e. The molecule has 7 heteroatoms. The maximum absolute atomic E-state index is 13.9. The molecule has 1 aromatic heterocycles. The number of nitriles is 1. The van der Waals surface area contributed by atoms with Gasteiger partial charge < -0.3 is 5.32 Å². The van der Waals surface area contributed by atoms with Gasteiger partial charge in [-0.3, -0.25) is 4.79 Å². The Morgan fingerprint density at radius 2 is 1.96 bits per heavy atom. The van der Waals surface area contributed by atoms with Gasteiger partial charge in [0.25, 0.3) is 5.91 Å². The number of rotatable bonds is 4. The first-order valence-electron chi connectivity index (χ1n) is 7.11. The Bertz CT molecular complexity index is 901. The summed E-state index contributed by atoms with van der Waals surface area (Å²) in [4.78, 5) is 12.6. The van der Waals surface area contributed by atoms with Gasteiger partial charge in [-0.05, 0) is 18.2 Å². The summed E-state index contributed by atoms with van der Waals surface area (Å²) in [5.74, 6) is -1.05. The Balaban J connectivity index is 1.91. The summed E-state index contributed by atoms with van der Waals surface area (Å²) in [5.41, 5.74) is 0.934. The molecule has 1 unspecified atom stereocenters. The average Bonchev–Trinajstić information content (AvgIpc) is 3.15. The molecule has 0 saturated heterocycles. The Hall–Kier alpha value is -3.53. The summed E-state index contributed by atoms with van der Waals surface area (Å²) in [5, 5.41) is 19.4. The lowest BCUT2D eigenvalue weighted by atomic mass is 10.1. The molecule has 0 spiro atoms. The van der Waals surface area contributed by atoms with Gasteiger partial charge in [-0.2, -0.15) is 5.26 Å². The second-order valence-electron chi connectivity index (χ2n) is 4.92. The van der Waals surface area contributed by atoms with Gasteiger partial charge in [0.1, 0.15) is 11.9 Å². The van der Waals surface area contributed by atoms with Gasteiger partial charge in [0, 0.05) is 5.56 Å². The van der Waals surface area contributed by atoms with Crippen molar-refractivity contribution in [3.63, 3.8) is 0 Å². The number of amides is 1. The van der Waals surface area contributed by atoms with Crippen LogP contribution in [0.3, 0.4) is 0 Å². The molecule has 0 saturated carbocycles. The number of nitrogens with one attached hydrogen (secondary N) is 1. The van der Waals surface area contributed by atoms with Crippen molar-refractivity contribution in [1.82, 2.24) is 20.3 Å². The Kier molecular flexibility index (Phi) is 4.29. The van der Waals surface area contributed by atoms with Crippen LogP contribution in [0.25, 0.3) is 5.69 Å². The molecule has 6 nitrogen and oxygen atoms in total. The maximum atomic E-state index is 13.9. The number of hydrogen-bond donors (Lipinski definition) is 1. The number of hydrogen-bond acceptors (Lipinski definition) is 4. The lowest BCUT2D eigenvalue weighted by Gasteiger charge is -2.14. The summed E-state index contributed by atoms with van der Waals surface area (Å²) in [6.07, 6.45) is 3.09. The van der Waals surface area contributed by atoms with Crippen LogP contribution >= 0.6 is 0 Å². The molecule has 3 rings (SSSR count). The van der Waals surface area contributed by atoms with Crippen molar-refractivity contribution in [2.24, 2.45) is 0 Å². The first-order chi connectivity index (χ1) is 11.7. The number of benzene rings is 2. The van der Waals surface area contributed by atoms with E-state index in [2.05, 4.69) is 15.6 Å². The molecule has 1 heterocycles. The molecule has 1 N–H and O–H groups in total. The van der Waals surface area contributed by atoms with Crippen LogP contribution in [0.5, 0.6) is 0 Å². The van der Waals surface area contributed by atoms with E-state index >= 15 is 0 Å². The summed E-state index contributed by atoms with van der Waals surface area (Å²) >= 11 is 0. The molecule has 3 aromatic rings. The zero-order valence-electron chi connectivity index (χ0n) is 12.4. The molecule has 1 amide bonds. The fourth-order valence-corrected chi connectivity index (χ4v) is 2.30. The van der Waals surface area contributed by atoms with Crippen molar-refractivity contribution in [3.8, 4) is 11.8 Å². The molecule has 2 aromatic carbocycles. The number of nitrogens with zero attached hydrogens (tertiary/aromatic N) is 4. The molecule has 0 aliphatic heterocycles. The van der Waals surface area contributed by atoms with Crippen LogP contribution in [0.1, 0.15) is 22.0 Å². The Labute approximate surface area is 137 Å². The number of halogens is 1. The van der Waals surface area contributed by atoms with E-state index in [-0.39, 0.29) is 5.56 Å². The first kappa shape index (κ1) is 15.4. The predicted octanol–water partition coefficient (Wildman–Crippen LogP) is 2.40. The quantitative estimate of drug-likeness (QED) is 0.800. The van der Waals surface area contributed by atoms with Crippen molar-refractivity contribution in [2.45, 2.75) is 6.04 Å². The fourth-order valence-electron chi connectivity index (χ4n) is 2.30. The summed E-state index contributed by atoms with van der Waals surface area (Å²) < 4.78 is 15.3. The molecular weight excluding hydrogens is 309 g/mol. The first-order valence-corrected chi connectivity index (χ1v) is 7.11. The zero-order chi connectivity index (χ0) is 16.9. The van der Waals surface area contributed by atoms with Gasteiger partial charge in [0.2, 0.25) is 0 Å². The molecule has 118 valence electrons. The van der Waals surface area contributed by atoms with E-state index in [1.165, 1.54) is 29.1 Å². The van der Waals surface area contributed by atoms with Crippen molar-refractivity contribution >= 4 is 5.91 Å². The van der Waals surface area contributed by atoms with Crippen LogP contribution < -0.4 is 5.32 Å². The van der Waals surface area contributed by atoms with Crippen LogP contribution in [-0.2, 0) is 0 Å². The fraction of sp³-hybridized carbons (Fsp3) is 0.0588. The average molecular weight is 321 g/mol. The molecule has 0 aliphatic carbocycles. The SMILES string of the molecule is N#CC(NC(=O)c1ccccc1-n1ccnn1)c1ccccc1F. The van der Waals surface area contributed by atoms with E-state index in [0.717, 1.165) is 0 Å². The third kappa shape index (κ3) is 2.98. The topological polar surface area (TPSA) is 83.6 Å². The van der Waals surface area contributed by atoms with Gasteiger partial charge >= 0.3 is 0 Å². The summed E-state index contributed by atoms with van der Waals surface area (Å²) in [6, 6.07) is 13.4. The highest BCUT2D eigenvalue weighted by Gasteiger charge is 2.20. The third-order valence-electron chi connectivity index (χ3n) is 3.44. The molecule has 0 fully saturated rings. The minimum atomic E-state index is -1.09. The van der Waals surface area contributed by atoms with Crippen LogP contribution in [-0.4, -0.2) is 20.9 Å². The Morgan fingerprint density at radius 3 is 2.67 bits per heavy atom. The normalized spacial score (nSPS) is 11.5. The lowest BCUT2D eigenvalue weighted by Crippen LogP contribution is -2.29. The van der Waals surface area contributed by atoms with Gasteiger partial charge in [-0.15, -0.1) is 5.10 Å². The van der Waals surface area contributed by atoms with E-state index in [1.807, 2.05) is 6.07 Å². The third-order valence-corrected chi connectivity index (χ3v) is 3.44. The van der Waals surface area contributed by atoms with Crippen molar-refractivity contribution < 1.29 is 9.18 Å². The molecule has 1 atom stereocenters. The van der Waals surface area contributed by atoms with E-state index in [9.17, 15) is 14.4 Å². The zero-order valence-corrected chi connectivity index (χ0v) is 12.4. The van der Waals surface area contributed by atoms with Gasteiger partial charge in [0.15, 0.2) is 0 Å². The molecule has 0 bridgehead atoms. The van der Waals surface area contributed by atoms with E-state index in [0.29, 0.717) is 11.3 Å². The predicted molar refractivity (Wildman–Crippen MR) is 83.6 cm³/mol. The minimum Gasteiger partial charge on any atom is -0.332 e. The highest BCUT2D eigenvalue weighted by molar-refractivity contribution is 5.98. The van der Waals surface area contributed by atoms with Crippen molar-refractivity contribution in [1.29, 1.82) is 5.26 Å². The van der Waals surface area contributed by atoms with Crippen molar-refractivity contribution in [3.05, 3.63) is 77.9 Å². The standard InChI is InChI=1S/C17H12FN5O/c18-14-7-3-1-5-12(14)15(11-19)21-17(24)13-6-2-4-8-16(13)23-10-9-20-22-23/h1-10,15H,(H,21,24). The molecular formula is C17H12FN5O. The van der Waals surface area contributed by atoms with E-state index < -0.39 is 17.8 Å². The van der Waals surface area contributed by atoms with Crippen LogP contribution in [0.2, 0.25) is 0 Å². The van der Waals surface area contributed by atoms with Gasteiger partial charge in [-0.1, -0.05) is 35.5 Å². The second-order valence-corrected chi connectivity index (χ2v) is 4.92. The van der Waals surface area contributed by atoms with Gasteiger partial charge in [0.05, 0.1) is 29.7 Å². The highest BCUT2D eigenvalue weighted by Crippen LogP contribution is 2.18. The van der Waals surface area contributed by atoms with Crippen molar-refractivity contribution in [2.75, 3.05) is 0 Å². The van der Waals surface area contributed by atoms with E-state index in [1.54, 1.807) is 36.5 Å². The summed E-state index contributed by atoms with van der Waals surface area (Å²) in [7, 11) is 0. The Morgan fingerprint density at radius 1 is 1.21 bits per heavy atom. The second kappa shape index (κ2) is 6.71. The molecule has 0 aliphatic rings. The maximum Gasteiger partial charge on any atom is 0.254 e. The number of aromatic nitrogens is 3. The lowest BCUT2D eigenvalue weighted by molar-refractivity contribution is 0.0944. The van der Waals surface area contributed by atoms with Crippen LogP contribution in [0, 0.1) is 17.1 Å². The van der Waals surface area contributed by atoms with E-state index in [4.69, 9.17) is 0 Å². The van der Waals surface area contributed by atoms with Crippen LogP contribution in [0.4, 0.5) is 4.39 Å². The minimum absolute atomic E-state index is 0.117. The van der Waals surface area contributed by atoms with Crippen LogP contribution in [0.15, 0.2) is 60.9 Å². The number of para-hydroxylation sites is 1. The number of carbonyl (C=O) groups excluding carboxylic acids is 1. The highest BCUT2D eigenvalue weighted by atomic mass is 19.1. The number of carbonyl (C=O) groups is 1. The summed E-state index contributed by atoms with van der Waals surface area (Å²) in [6.45, 7) is 0. The largest absolute Gasteiger partial charge is 0.332 e. The molecule has 0 radical (unpaired) electrons. The monoisotopic (exact) mass is 321 g/mol. The molecule has 24 heavy (non-hydrogen) atoms. The van der Waals surface area contributed by atoms with Gasteiger partial charge in [-0.25, -0.2) is 9.07 Å².